The first-order valence-corrected chi connectivity index (χ1v) is 11.1. The van der Waals surface area contributed by atoms with Crippen LogP contribution in [0.2, 0.25) is 0 Å². The fourth-order valence-electron chi connectivity index (χ4n) is 1.69. The second kappa shape index (κ2) is 7.55. The summed E-state index contributed by atoms with van der Waals surface area (Å²) in [5.41, 5.74) is 2.64. The molecule has 1 N–H and O–H groups in total. The lowest BCUT2D eigenvalue weighted by molar-refractivity contribution is -1.91. The van der Waals surface area contributed by atoms with Crippen LogP contribution in [0.4, 0.5) is 0 Å². The maximum Gasteiger partial charge on any atom is 0.442 e. The highest BCUT2D eigenvalue weighted by Gasteiger charge is 2.33. The number of aromatic nitrogens is 2. The molecule has 11 heteroatoms. The molecule has 124 valence electrons. The van der Waals surface area contributed by atoms with Crippen LogP contribution in [0.25, 0.3) is 6.08 Å². The summed E-state index contributed by atoms with van der Waals surface area (Å²) in [6, 6.07) is 0. The minimum absolute atomic E-state index is 0.0190. The lowest BCUT2D eigenvalue weighted by atomic mass is 10.3. The highest BCUT2D eigenvalue weighted by atomic mass is 127. The van der Waals surface area contributed by atoms with Crippen LogP contribution in [-0.2, 0) is 10.1 Å². The summed E-state index contributed by atoms with van der Waals surface area (Å²) in [4.78, 5) is 3.72. The molecule has 22 heavy (non-hydrogen) atoms. The number of rotatable bonds is 7. The molecule has 1 aromatic rings. The average molecular weight is 446 g/mol. The van der Waals surface area contributed by atoms with E-state index in [1.165, 1.54) is 12.2 Å². The Bertz CT molecular complexity index is 671. The Morgan fingerprint density at radius 1 is 1.55 bits per heavy atom. The third kappa shape index (κ3) is 5.68. The SMILES string of the molecule is CC=C=Cc1nc(O[I+3]([O-])([O-])[O-])cn1C(CCC)S(=O)(=O)O. The third-order valence-corrected chi connectivity index (χ3v) is 4.62. The van der Waals surface area contributed by atoms with Crippen molar-refractivity contribution in [1.82, 2.24) is 9.55 Å². The number of hydrogen-bond acceptors (Lipinski definition) is 7. The van der Waals surface area contributed by atoms with Crippen LogP contribution in [0, 0.1) is 0 Å². The Hall–Kier alpha value is -0.950. The van der Waals surface area contributed by atoms with E-state index in [4.69, 9.17) is 0 Å². The van der Waals surface area contributed by atoms with Crippen molar-refractivity contribution in [1.29, 1.82) is 0 Å². The first kappa shape index (κ1) is 19.1. The molecule has 0 saturated carbocycles. The summed E-state index contributed by atoms with van der Waals surface area (Å²) >= 11 is -6.03. The lowest BCUT2D eigenvalue weighted by Gasteiger charge is -2.15. The van der Waals surface area contributed by atoms with Crippen molar-refractivity contribution in [3.63, 3.8) is 0 Å². The van der Waals surface area contributed by atoms with Gasteiger partial charge in [-0.2, -0.15) is 13.4 Å². The summed E-state index contributed by atoms with van der Waals surface area (Å²) in [7, 11) is -4.47. The minimum atomic E-state index is -6.03. The minimum Gasteiger partial charge on any atom is -0.306 e. The van der Waals surface area contributed by atoms with Gasteiger partial charge in [0.2, 0.25) is 0 Å². The number of halogens is 1. The molecule has 1 rings (SSSR count). The van der Waals surface area contributed by atoms with Gasteiger partial charge in [0.1, 0.15) is 5.82 Å². The van der Waals surface area contributed by atoms with E-state index in [1.807, 2.05) is 0 Å². The molecule has 1 aromatic heterocycles. The van der Waals surface area contributed by atoms with Crippen molar-refractivity contribution in [2.24, 2.45) is 0 Å². The van der Waals surface area contributed by atoms with Gasteiger partial charge in [-0.1, -0.05) is 16.4 Å². The van der Waals surface area contributed by atoms with Crippen LogP contribution in [0.15, 0.2) is 18.0 Å². The van der Waals surface area contributed by atoms with Gasteiger partial charge in [-0.25, -0.2) is 10.3 Å². The zero-order valence-electron chi connectivity index (χ0n) is 11.8. The van der Waals surface area contributed by atoms with Crippen molar-refractivity contribution in [3.8, 4) is 5.88 Å². The molecular formula is C11H15IN2O7S. The number of allylic oxidation sites excluding steroid dienone is 1. The predicted octanol–water partition coefficient (Wildman–Crippen LogP) is -4.46. The zero-order valence-corrected chi connectivity index (χ0v) is 14.8. The normalized spacial score (nSPS) is 13.4. The second-order valence-electron chi connectivity index (χ2n) is 4.16. The molecule has 0 aromatic carbocycles. The molecule has 1 unspecified atom stereocenters. The quantitative estimate of drug-likeness (QED) is 0.250. The maximum absolute atomic E-state index is 11.5. The Morgan fingerprint density at radius 3 is 2.64 bits per heavy atom. The van der Waals surface area contributed by atoms with Crippen LogP contribution >= 0.6 is 0 Å². The van der Waals surface area contributed by atoms with E-state index >= 15 is 0 Å². The summed E-state index contributed by atoms with van der Waals surface area (Å²) in [6.07, 6.45) is 4.22. The molecule has 0 fully saturated rings. The van der Waals surface area contributed by atoms with Crippen LogP contribution in [0.1, 0.15) is 37.9 Å². The van der Waals surface area contributed by atoms with Crippen LogP contribution in [0.3, 0.4) is 0 Å². The summed E-state index contributed by atoms with van der Waals surface area (Å²) < 4.78 is 69.6. The molecule has 0 bridgehead atoms. The highest BCUT2D eigenvalue weighted by Crippen LogP contribution is 2.25. The molecule has 1 heterocycles. The van der Waals surface area contributed by atoms with Crippen LogP contribution < -0.4 is 33.5 Å². The Kier molecular flexibility index (Phi) is 6.55. The second-order valence-corrected chi connectivity index (χ2v) is 8.33. The van der Waals surface area contributed by atoms with Crippen LogP contribution in [0.5, 0.6) is 5.88 Å². The highest BCUT2D eigenvalue weighted by molar-refractivity contribution is 7.85. The number of nitrogens with zero attached hydrogens (tertiary/aromatic N) is 2. The average Bonchev–Trinajstić information content (AvgIpc) is 2.72. The van der Waals surface area contributed by atoms with E-state index in [0.29, 0.717) is 6.42 Å². The molecule has 0 aliphatic heterocycles. The van der Waals surface area contributed by atoms with Gasteiger partial charge in [0.15, 0.2) is 5.37 Å². The fraction of sp³-hybridized carbons (Fsp3) is 0.455. The lowest BCUT2D eigenvalue weighted by Crippen LogP contribution is -4.25. The van der Waals surface area contributed by atoms with Gasteiger partial charge >= 0.3 is 26.0 Å². The van der Waals surface area contributed by atoms with E-state index in [2.05, 4.69) is 13.8 Å². The Labute approximate surface area is 134 Å². The van der Waals surface area contributed by atoms with Crippen molar-refractivity contribution in [2.45, 2.75) is 32.1 Å². The van der Waals surface area contributed by atoms with E-state index in [9.17, 15) is 23.3 Å². The molecular weight excluding hydrogens is 431 g/mol. The zero-order chi connectivity index (χ0) is 17.0. The van der Waals surface area contributed by atoms with E-state index in [1.54, 1.807) is 13.8 Å². The van der Waals surface area contributed by atoms with Gasteiger partial charge in [-0.05, 0) is 19.4 Å². The first-order valence-electron chi connectivity index (χ1n) is 6.11. The van der Waals surface area contributed by atoms with Crippen molar-refractivity contribution in [3.05, 3.63) is 23.8 Å². The molecule has 0 saturated heterocycles. The Balaban J connectivity index is 3.39. The summed E-state index contributed by atoms with van der Waals surface area (Å²) in [5.74, 6) is -0.570. The predicted molar refractivity (Wildman–Crippen MR) is 66.6 cm³/mol. The maximum atomic E-state index is 11.5. The molecule has 0 spiro atoms. The van der Waals surface area contributed by atoms with Gasteiger partial charge in [-0.3, -0.25) is 4.55 Å². The van der Waals surface area contributed by atoms with Crippen LogP contribution in [-0.4, -0.2) is 22.5 Å². The molecule has 9 nitrogen and oxygen atoms in total. The van der Waals surface area contributed by atoms with E-state index < -0.39 is 41.5 Å². The molecule has 0 aliphatic rings. The van der Waals surface area contributed by atoms with Gasteiger partial charge in [-0.15, -0.1) is 5.73 Å². The third-order valence-electron chi connectivity index (χ3n) is 2.48. The first-order chi connectivity index (χ1) is 10.1. The van der Waals surface area contributed by atoms with E-state index in [-0.39, 0.29) is 12.2 Å². The molecule has 0 amide bonds. The summed E-state index contributed by atoms with van der Waals surface area (Å²) in [6.45, 7) is 3.36. The van der Waals surface area contributed by atoms with Gasteiger partial charge in [0.25, 0.3) is 10.1 Å². The van der Waals surface area contributed by atoms with Crippen molar-refractivity contribution in [2.75, 3.05) is 0 Å². The van der Waals surface area contributed by atoms with Gasteiger partial charge < -0.3 is 4.57 Å². The van der Waals surface area contributed by atoms with Crippen molar-refractivity contribution >= 4 is 16.2 Å². The topological polar surface area (TPSA) is 151 Å². The number of imidazole rings is 1. The Morgan fingerprint density at radius 2 is 2.18 bits per heavy atom. The fourth-order valence-corrected chi connectivity index (χ4v) is 3.45. The van der Waals surface area contributed by atoms with Gasteiger partial charge in [0.05, 0.1) is 6.20 Å². The largest absolute Gasteiger partial charge is 0.442 e. The van der Waals surface area contributed by atoms with Crippen molar-refractivity contribution < 1.29 is 46.4 Å². The summed E-state index contributed by atoms with van der Waals surface area (Å²) in [5, 5.41) is -1.38. The molecule has 0 radical (unpaired) electrons. The van der Waals surface area contributed by atoms with Gasteiger partial charge in [0, 0.05) is 6.08 Å². The number of hydrogen-bond donors (Lipinski definition) is 1. The van der Waals surface area contributed by atoms with E-state index in [0.717, 1.165) is 10.8 Å². The smallest absolute Gasteiger partial charge is 0.306 e. The molecule has 0 aliphatic carbocycles. The molecule has 1 atom stereocenters. The standard InChI is InChI=1S/C11H15IN2O7S/c1-3-5-7-9-13-10(21-12(15,16)17)8-14(9)11(6-4-2)22(18,19)20/h3,7-8,11H,4,6H2,1-2H3,(H,18,19,20). The monoisotopic (exact) mass is 446 g/mol.